The molecule has 0 radical (unpaired) electrons. The van der Waals surface area contributed by atoms with E-state index < -0.39 is 0 Å². The summed E-state index contributed by atoms with van der Waals surface area (Å²) in [6, 6.07) is 11.7. The van der Waals surface area contributed by atoms with Crippen molar-refractivity contribution in [2.24, 2.45) is 0 Å². The number of rotatable bonds is 5. The average molecular weight is 312 g/mol. The normalized spacial score (nSPS) is 9.91. The second kappa shape index (κ2) is 8.41. The van der Waals surface area contributed by atoms with E-state index in [1.165, 1.54) is 31.1 Å². The first-order valence-corrected chi connectivity index (χ1v) is 8.38. The van der Waals surface area contributed by atoms with E-state index in [0.29, 0.717) is 5.75 Å². The number of thiophene rings is 1. The molecule has 0 saturated heterocycles. The van der Waals surface area contributed by atoms with Crippen LogP contribution in [0.4, 0.5) is 0 Å². The lowest BCUT2D eigenvalue weighted by molar-refractivity contribution is -0.131. The van der Waals surface area contributed by atoms with E-state index in [4.69, 9.17) is 4.74 Å². The molecule has 0 bridgehead atoms. The van der Waals surface area contributed by atoms with Crippen molar-refractivity contribution in [3.8, 4) is 28.0 Å². The smallest absolute Gasteiger partial charge is 0.308 e. The minimum Gasteiger partial charge on any atom is -0.427 e. The van der Waals surface area contributed by atoms with Crippen molar-refractivity contribution in [3.63, 3.8) is 0 Å². The largest absolute Gasteiger partial charge is 0.427 e. The summed E-state index contributed by atoms with van der Waals surface area (Å²) >= 11 is 1.69. The fraction of sp³-hybridized carbons (Fsp3) is 0.316. The van der Waals surface area contributed by atoms with Gasteiger partial charge in [0.25, 0.3) is 0 Å². The van der Waals surface area contributed by atoms with Crippen LogP contribution in [0.1, 0.15) is 44.4 Å². The van der Waals surface area contributed by atoms with Gasteiger partial charge in [-0.1, -0.05) is 31.6 Å². The van der Waals surface area contributed by atoms with Gasteiger partial charge in [-0.05, 0) is 48.4 Å². The Bertz CT molecular complexity index is 671. The SMILES string of the molecule is CCCCCC#Cc1ccc(-c2ccc(OC(C)=O)cc2)s1. The molecule has 114 valence electrons. The van der Waals surface area contributed by atoms with Crippen molar-refractivity contribution in [2.75, 3.05) is 0 Å². The van der Waals surface area contributed by atoms with Gasteiger partial charge in [0.15, 0.2) is 0 Å². The molecule has 0 unspecified atom stereocenters. The van der Waals surface area contributed by atoms with Crippen molar-refractivity contribution in [3.05, 3.63) is 41.3 Å². The van der Waals surface area contributed by atoms with Crippen molar-refractivity contribution >= 4 is 17.3 Å². The van der Waals surface area contributed by atoms with Crippen molar-refractivity contribution < 1.29 is 9.53 Å². The van der Waals surface area contributed by atoms with Crippen molar-refractivity contribution in [1.82, 2.24) is 0 Å². The molecule has 0 aliphatic carbocycles. The Balaban J connectivity index is 2.00. The highest BCUT2D eigenvalue weighted by Gasteiger charge is 2.03. The molecule has 2 aromatic rings. The minimum absolute atomic E-state index is 0.301. The highest BCUT2D eigenvalue weighted by Crippen LogP contribution is 2.29. The second-order valence-electron chi connectivity index (χ2n) is 5.04. The van der Waals surface area contributed by atoms with Gasteiger partial charge in [0.1, 0.15) is 5.75 Å². The quantitative estimate of drug-likeness (QED) is 0.325. The summed E-state index contributed by atoms with van der Waals surface area (Å²) in [7, 11) is 0. The molecule has 0 N–H and O–H groups in total. The number of hydrogen-bond donors (Lipinski definition) is 0. The summed E-state index contributed by atoms with van der Waals surface area (Å²) in [5, 5.41) is 0. The first-order chi connectivity index (χ1) is 10.7. The Morgan fingerprint density at radius 1 is 1.14 bits per heavy atom. The maximum absolute atomic E-state index is 10.9. The Hall–Kier alpha value is -2.05. The summed E-state index contributed by atoms with van der Waals surface area (Å²) in [6.45, 7) is 3.60. The molecule has 1 aromatic heterocycles. The fourth-order valence-electron chi connectivity index (χ4n) is 2.03. The molecule has 0 aliphatic heterocycles. The highest BCUT2D eigenvalue weighted by atomic mass is 32.1. The van der Waals surface area contributed by atoms with Crippen LogP contribution in [-0.4, -0.2) is 5.97 Å². The van der Waals surface area contributed by atoms with Gasteiger partial charge in [-0.15, -0.1) is 11.3 Å². The third-order valence-electron chi connectivity index (χ3n) is 3.12. The number of esters is 1. The minimum atomic E-state index is -0.301. The van der Waals surface area contributed by atoms with Crippen LogP contribution in [0.5, 0.6) is 5.75 Å². The van der Waals surface area contributed by atoms with Crippen LogP contribution in [0.15, 0.2) is 36.4 Å². The van der Waals surface area contributed by atoms with Gasteiger partial charge in [0, 0.05) is 18.2 Å². The van der Waals surface area contributed by atoms with E-state index in [-0.39, 0.29) is 5.97 Å². The number of unbranched alkanes of at least 4 members (excludes halogenated alkanes) is 3. The molecule has 0 atom stereocenters. The molecular weight excluding hydrogens is 292 g/mol. The Morgan fingerprint density at radius 2 is 1.91 bits per heavy atom. The van der Waals surface area contributed by atoms with E-state index >= 15 is 0 Å². The Morgan fingerprint density at radius 3 is 2.59 bits per heavy atom. The van der Waals surface area contributed by atoms with Gasteiger partial charge in [-0.2, -0.15) is 0 Å². The van der Waals surface area contributed by atoms with Crippen LogP contribution in [0, 0.1) is 11.8 Å². The van der Waals surface area contributed by atoms with Crippen LogP contribution < -0.4 is 4.74 Å². The van der Waals surface area contributed by atoms with E-state index in [9.17, 15) is 4.79 Å². The van der Waals surface area contributed by atoms with Gasteiger partial charge in [0.05, 0.1) is 4.88 Å². The fourth-order valence-corrected chi connectivity index (χ4v) is 2.91. The molecule has 1 heterocycles. The van der Waals surface area contributed by atoms with Gasteiger partial charge in [-0.25, -0.2) is 0 Å². The van der Waals surface area contributed by atoms with E-state index in [0.717, 1.165) is 16.9 Å². The lowest BCUT2D eigenvalue weighted by atomic mass is 10.2. The molecule has 0 fully saturated rings. The zero-order valence-corrected chi connectivity index (χ0v) is 13.8. The van der Waals surface area contributed by atoms with Crippen LogP contribution in [-0.2, 0) is 4.79 Å². The zero-order valence-electron chi connectivity index (χ0n) is 13.0. The molecule has 2 nitrogen and oxygen atoms in total. The standard InChI is InChI=1S/C19H20O2S/c1-3-4-5-6-7-8-18-13-14-19(22-18)16-9-11-17(12-10-16)21-15(2)20/h9-14H,3-6H2,1-2H3. The third kappa shape index (κ3) is 5.05. The number of ether oxygens (including phenoxy) is 1. The number of benzene rings is 1. The predicted octanol–water partition coefficient (Wildman–Crippen LogP) is 5.27. The molecule has 2 rings (SSSR count). The highest BCUT2D eigenvalue weighted by molar-refractivity contribution is 7.16. The molecule has 0 spiro atoms. The lowest BCUT2D eigenvalue weighted by Gasteiger charge is -2.02. The van der Waals surface area contributed by atoms with E-state index in [1.54, 1.807) is 11.3 Å². The maximum Gasteiger partial charge on any atom is 0.308 e. The average Bonchev–Trinajstić information content (AvgIpc) is 2.96. The van der Waals surface area contributed by atoms with Gasteiger partial charge in [0.2, 0.25) is 0 Å². The summed E-state index contributed by atoms with van der Waals surface area (Å²) in [6.07, 6.45) is 4.63. The molecule has 0 saturated carbocycles. The Labute approximate surface area is 136 Å². The second-order valence-corrected chi connectivity index (χ2v) is 6.12. The predicted molar refractivity (Wildman–Crippen MR) is 92.1 cm³/mol. The van der Waals surface area contributed by atoms with Gasteiger partial charge >= 0.3 is 5.97 Å². The van der Waals surface area contributed by atoms with Crippen LogP contribution in [0.25, 0.3) is 10.4 Å². The molecule has 3 heteroatoms. The van der Waals surface area contributed by atoms with Crippen LogP contribution in [0.3, 0.4) is 0 Å². The molecule has 22 heavy (non-hydrogen) atoms. The Kier molecular flexibility index (Phi) is 6.24. The van der Waals surface area contributed by atoms with Crippen molar-refractivity contribution in [2.45, 2.75) is 39.5 Å². The molecule has 1 aromatic carbocycles. The summed E-state index contributed by atoms with van der Waals surface area (Å²) in [4.78, 5) is 13.2. The maximum atomic E-state index is 10.9. The van der Waals surface area contributed by atoms with Crippen LogP contribution in [0.2, 0.25) is 0 Å². The van der Waals surface area contributed by atoms with Gasteiger partial charge in [-0.3, -0.25) is 4.79 Å². The monoisotopic (exact) mass is 312 g/mol. The number of carbonyl (C=O) groups excluding carboxylic acids is 1. The summed E-state index contributed by atoms with van der Waals surface area (Å²) in [5.74, 6) is 6.74. The van der Waals surface area contributed by atoms with Crippen molar-refractivity contribution in [1.29, 1.82) is 0 Å². The van der Waals surface area contributed by atoms with E-state index in [2.05, 4.69) is 30.9 Å². The summed E-state index contributed by atoms with van der Waals surface area (Å²) < 4.78 is 5.04. The third-order valence-corrected chi connectivity index (χ3v) is 4.17. The molecular formula is C19H20O2S. The first kappa shape index (κ1) is 16.3. The molecule has 0 amide bonds. The van der Waals surface area contributed by atoms with Crippen LogP contribution >= 0.6 is 11.3 Å². The zero-order chi connectivity index (χ0) is 15.8. The lowest BCUT2D eigenvalue weighted by Crippen LogP contribution is -2.00. The van der Waals surface area contributed by atoms with Gasteiger partial charge < -0.3 is 4.74 Å². The topological polar surface area (TPSA) is 26.3 Å². The van der Waals surface area contributed by atoms with E-state index in [1.807, 2.05) is 24.3 Å². The number of hydrogen-bond acceptors (Lipinski definition) is 3. The molecule has 0 aliphatic rings. The first-order valence-electron chi connectivity index (χ1n) is 7.56. The summed E-state index contributed by atoms with van der Waals surface area (Å²) in [5.41, 5.74) is 1.11. The number of carbonyl (C=O) groups is 1.